The van der Waals surface area contributed by atoms with E-state index >= 15 is 0 Å². The molecule has 0 amide bonds. The van der Waals surface area contributed by atoms with Crippen LogP contribution in [-0.4, -0.2) is 24.7 Å². The molecule has 1 unspecified atom stereocenters. The van der Waals surface area contributed by atoms with Crippen LogP contribution in [-0.2, 0) is 18.9 Å². The van der Waals surface area contributed by atoms with Crippen LogP contribution in [0.5, 0.6) is 0 Å². The van der Waals surface area contributed by atoms with Crippen LogP contribution in [0.15, 0.2) is 66.8 Å². The van der Waals surface area contributed by atoms with E-state index < -0.39 is 29.0 Å². The van der Waals surface area contributed by atoms with Gasteiger partial charge < -0.3 is 4.57 Å². The van der Waals surface area contributed by atoms with Crippen LogP contribution in [0.25, 0.3) is 28.2 Å². The van der Waals surface area contributed by atoms with E-state index in [9.17, 15) is 30.7 Å². The Balaban J connectivity index is 1.39. The number of allylic oxidation sites excluding steroid dienone is 4. The van der Waals surface area contributed by atoms with Crippen molar-refractivity contribution in [3.8, 4) is 22.6 Å². The number of fused-ring (bicyclic) bond motifs is 1. The summed E-state index contributed by atoms with van der Waals surface area (Å²) in [6.45, 7) is 2.15. The molecule has 0 saturated carbocycles. The zero-order valence-corrected chi connectivity index (χ0v) is 19.6. The third-order valence-electron chi connectivity index (χ3n) is 6.08. The Kier molecular flexibility index (Phi) is 6.28. The largest absolute Gasteiger partial charge is 0.417 e. The van der Waals surface area contributed by atoms with Crippen molar-refractivity contribution in [2.45, 2.75) is 32.2 Å². The minimum Gasteiger partial charge on any atom is -0.346 e. The lowest BCUT2D eigenvalue weighted by Gasteiger charge is -2.15. The Morgan fingerprint density at radius 2 is 1.66 bits per heavy atom. The standard InChI is InChI=1S/C26H18F7N5/c1-14-2-6-20(27)18(10-14)24-34-22-8-9-38(13-23(22)35-24)12-16-4-7-21(37-36-16)17-5-3-15(25(28,29)30)11-19(17)26(31,32)33/h2-9,11,13-14H,10,12H2,1H3. The monoisotopic (exact) mass is 533 g/mol. The number of hydrogen-bond acceptors (Lipinski definition) is 4. The maximum absolute atomic E-state index is 14.3. The third-order valence-corrected chi connectivity index (χ3v) is 6.08. The van der Waals surface area contributed by atoms with E-state index in [1.165, 1.54) is 18.2 Å². The summed E-state index contributed by atoms with van der Waals surface area (Å²) in [5, 5.41) is 7.79. The molecule has 38 heavy (non-hydrogen) atoms. The molecule has 1 aliphatic carbocycles. The lowest BCUT2D eigenvalue weighted by Crippen LogP contribution is -2.12. The zero-order chi connectivity index (χ0) is 27.2. The van der Waals surface area contributed by atoms with E-state index in [0.29, 0.717) is 41.0 Å². The summed E-state index contributed by atoms with van der Waals surface area (Å²) in [6.07, 6.45) is -2.89. The fourth-order valence-corrected chi connectivity index (χ4v) is 4.17. The fraction of sp³-hybridized carbons (Fsp3) is 0.231. The van der Waals surface area contributed by atoms with E-state index in [2.05, 4.69) is 20.2 Å². The number of halogens is 7. The molecule has 1 atom stereocenters. The van der Waals surface area contributed by atoms with Crippen LogP contribution >= 0.6 is 0 Å². The molecule has 3 heterocycles. The van der Waals surface area contributed by atoms with Gasteiger partial charge in [-0.25, -0.2) is 14.4 Å². The Bertz CT molecular complexity index is 1510. The highest BCUT2D eigenvalue weighted by Crippen LogP contribution is 2.40. The molecule has 2 aliphatic heterocycles. The predicted molar refractivity (Wildman–Crippen MR) is 124 cm³/mol. The molecule has 12 heteroatoms. The number of nitrogens with zero attached hydrogens (tertiary/aromatic N) is 5. The maximum Gasteiger partial charge on any atom is 0.417 e. The lowest BCUT2D eigenvalue weighted by atomic mass is 9.95. The topological polar surface area (TPSA) is 56.5 Å². The van der Waals surface area contributed by atoms with Crippen LogP contribution in [0.4, 0.5) is 30.7 Å². The van der Waals surface area contributed by atoms with Crippen LogP contribution in [0, 0.1) is 5.92 Å². The molecule has 0 radical (unpaired) electrons. The first kappa shape index (κ1) is 25.6. The van der Waals surface area contributed by atoms with Crippen molar-refractivity contribution >= 4 is 5.57 Å². The van der Waals surface area contributed by atoms with Crippen molar-refractivity contribution in [1.29, 1.82) is 0 Å². The molecule has 5 nitrogen and oxygen atoms in total. The summed E-state index contributed by atoms with van der Waals surface area (Å²) in [6, 6.07) is 5.79. The first-order chi connectivity index (χ1) is 17.9. The molecule has 1 aromatic carbocycles. The molecule has 0 fully saturated rings. The minimum atomic E-state index is -5.02. The molecule has 196 valence electrons. The Hall–Kier alpha value is -4.09. The summed E-state index contributed by atoms with van der Waals surface area (Å²) in [7, 11) is 0. The minimum absolute atomic E-state index is 0.0668. The number of hydrogen-bond donors (Lipinski definition) is 0. The van der Waals surface area contributed by atoms with Crippen molar-refractivity contribution in [2.75, 3.05) is 0 Å². The molecule has 1 aromatic heterocycles. The van der Waals surface area contributed by atoms with Crippen molar-refractivity contribution in [1.82, 2.24) is 24.7 Å². The third kappa shape index (κ3) is 5.15. The highest BCUT2D eigenvalue weighted by molar-refractivity contribution is 5.70. The molecule has 0 saturated heterocycles. The molecule has 5 rings (SSSR count). The summed E-state index contributed by atoms with van der Waals surface area (Å²) in [4.78, 5) is 8.87. The Morgan fingerprint density at radius 3 is 2.34 bits per heavy atom. The molecule has 0 spiro atoms. The second-order valence-corrected chi connectivity index (χ2v) is 8.97. The lowest BCUT2D eigenvalue weighted by molar-refractivity contribution is -0.142. The van der Waals surface area contributed by atoms with Gasteiger partial charge in [0.2, 0.25) is 0 Å². The second kappa shape index (κ2) is 9.34. The SMILES string of the molecule is CC1C=CC(F)=C(c2nc3ccn(Cc4ccc(-c5ccc(C(F)(F)F)cc5C(F)(F)F)nn4)cc-3n2)C1. The zero-order valence-electron chi connectivity index (χ0n) is 19.6. The normalized spacial score (nSPS) is 16.5. The quantitative estimate of drug-likeness (QED) is 0.260. The molecular weight excluding hydrogens is 515 g/mol. The van der Waals surface area contributed by atoms with E-state index in [4.69, 9.17) is 0 Å². The van der Waals surface area contributed by atoms with Crippen LogP contribution < -0.4 is 0 Å². The van der Waals surface area contributed by atoms with Crippen molar-refractivity contribution in [3.63, 3.8) is 0 Å². The first-order valence-corrected chi connectivity index (χ1v) is 11.4. The van der Waals surface area contributed by atoms with E-state index in [1.54, 1.807) is 29.1 Å². The van der Waals surface area contributed by atoms with E-state index in [-0.39, 0.29) is 30.0 Å². The smallest absolute Gasteiger partial charge is 0.346 e. The number of benzene rings is 1. The molecular formula is C26H18F7N5. The van der Waals surface area contributed by atoms with Gasteiger partial charge in [0.05, 0.1) is 34.8 Å². The van der Waals surface area contributed by atoms with Gasteiger partial charge in [0, 0.05) is 23.5 Å². The van der Waals surface area contributed by atoms with Crippen LogP contribution in [0.1, 0.15) is 36.0 Å². The predicted octanol–water partition coefficient (Wildman–Crippen LogP) is 7.20. The maximum atomic E-state index is 14.3. The van der Waals surface area contributed by atoms with Gasteiger partial charge in [-0.05, 0) is 48.7 Å². The van der Waals surface area contributed by atoms with Gasteiger partial charge in [-0.1, -0.05) is 19.1 Å². The van der Waals surface area contributed by atoms with Gasteiger partial charge in [0.15, 0.2) is 5.82 Å². The molecule has 3 aliphatic rings. The van der Waals surface area contributed by atoms with Gasteiger partial charge in [-0.3, -0.25) is 0 Å². The Morgan fingerprint density at radius 1 is 0.895 bits per heavy atom. The number of imidazole rings is 1. The number of aromatic nitrogens is 5. The van der Waals surface area contributed by atoms with Crippen molar-refractivity contribution < 1.29 is 30.7 Å². The summed E-state index contributed by atoms with van der Waals surface area (Å²) >= 11 is 0. The second-order valence-electron chi connectivity index (χ2n) is 8.97. The highest BCUT2D eigenvalue weighted by Gasteiger charge is 2.38. The first-order valence-electron chi connectivity index (χ1n) is 11.4. The highest BCUT2D eigenvalue weighted by atomic mass is 19.4. The number of alkyl halides is 6. The fourth-order valence-electron chi connectivity index (χ4n) is 4.17. The molecule has 0 bridgehead atoms. The van der Waals surface area contributed by atoms with Gasteiger partial charge in [-0.2, -0.15) is 36.5 Å². The summed E-state index contributed by atoms with van der Waals surface area (Å²) in [5.74, 6) is 0.100. The van der Waals surface area contributed by atoms with E-state index in [1.807, 2.05) is 6.92 Å². The summed E-state index contributed by atoms with van der Waals surface area (Å²) in [5.41, 5.74) is -1.66. The molecule has 0 N–H and O–H groups in total. The number of pyridine rings is 1. The van der Waals surface area contributed by atoms with Crippen LogP contribution in [0.3, 0.4) is 0 Å². The Labute approximate surface area is 211 Å². The van der Waals surface area contributed by atoms with E-state index in [0.717, 1.165) is 6.07 Å². The van der Waals surface area contributed by atoms with Crippen molar-refractivity contribution in [3.05, 3.63) is 89.4 Å². The number of rotatable bonds is 4. The average Bonchev–Trinajstić information content (AvgIpc) is 3.28. The van der Waals surface area contributed by atoms with Gasteiger partial charge in [0.1, 0.15) is 11.5 Å². The van der Waals surface area contributed by atoms with Gasteiger partial charge in [-0.15, -0.1) is 0 Å². The van der Waals surface area contributed by atoms with Gasteiger partial charge >= 0.3 is 12.4 Å². The molecule has 2 aromatic rings. The average molecular weight is 533 g/mol. The van der Waals surface area contributed by atoms with Crippen LogP contribution in [0.2, 0.25) is 0 Å². The summed E-state index contributed by atoms with van der Waals surface area (Å²) < 4.78 is 95.4. The van der Waals surface area contributed by atoms with Crippen molar-refractivity contribution in [2.24, 2.45) is 5.92 Å². The van der Waals surface area contributed by atoms with Gasteiger partial charge in [0.25, 0.3) is 0 Å².